The van der Waals surface area contributed by atoms with Crippen molar-refractivity contribution in [3.05, 3.63) is 0 Å². The first-order chi connectivity index (χ1) is 7.06. The summed E-state index contributed by atoms with van der Waals surface area (Å²) in [6, 6.07) is 0. The van der Waals surface area contributed by atoms with Crippen LogP contribution in [0.15, 0.2) is 0 Å². The molecule has 8 heteroatoms. The van der Waals surface area contributed by atoms with Crippen LogP contribution in [0.25, 0.3) is 0 Å². The molecule has 0 aliphatic heterocycles. The monoisotopic (exact) mass is 252 g/mol. The van der Waals surface area contributed by atoms with Crippen LogP contribution in [-0.4, -0.2) is 49.7 Å². The second-order valence-electron chi connectivity index (χ2n) is 3.39. The van der Waals surface area contributed by atoms with Crippen molar-refractivity contribution in [1.82, 2.24) is 0 Å². The summed E-state index contributed by atoms with van der Waals surface area (Å²) >= 11 is 0. The Balaban J connectivity index is 4.41. The Bertz CT molecular complexity index is 214. The third-order valence-electron chi connectivity index (χ3n) is 1.85. The van der Waals surface area contributed by atoms with Gasteiger partial charge in [-0.25, -0.2) is 0 Å². The molecule has 0 aromatic heterocycles. The molecule has 16 heavy (non-hydrogen) atoms. The van der Waals surface area contributed by atoms with Crippen LogP contribution < -0.4 is 0 Å². The van der Waals surface area contributed by atoms with Crippen LogP contribution in [0.1, 0.15) is 6.92 Å². The molecule has 0 fully saturated rings. The van der Waals surface area contributed by atoms with Gasteiger partial charge in [-0.2, -0.15) is 22.0 Å². The molecule has 1 unspecified atom stereocenters. The zero-order valence-corrected chi connectivity index (χ0v) is 8.77. The maximum atomic E-state index is 12.7. The third kappa shape index (κ3) is 3.53. The first-order valence-electron chi connectivity index (χ1n) is 4.30. The summed E-state index contributed by atoms with van der Waals surface area (Å²) in [5.41, 5.74) is -3.31. The molecule has 0 heterocycles. The van der Waals surface area contributed by atoms with Crippen molar-refractivity contribution in [3.8, 4) is 0 Å². The number of alkyl halides is 5. The van der Waals surface area contributed by atoms with Gasteiger partial charge in [-0.3, -0.25) is 0 Å². The number of hydrogen-bond donors (Lipinski definition) is 1. The minimum Gasteiger partial charge on any atom is -0.382 e. The number of halogens is 5. The van der Waals surface area contributed by atoms with E-state index in [4.69, 9.17) is 5.11 Å². The van der Waals surface area contributed by atoms with E-state index in [1.807, 2.05) is 0 Å². The Morgan fingerprint density at radius 1 is 1.06 bits per heavy atom. The van der Waals surface area contributed by atoms with Gasteiger partial charge in [-0.05, 0) is 6.92 Å². The van der Waals surface area contributed by atoms with Crippen LogP contribution in [0.4, 0.5) is 22.0 Å². The molecular weight excluding hydrogens is 239 g/mol. The van der Waals surface area contributed by atoms with Crippen LogP contribution >= 0.6 is 0 Å². The summed E-state index contributed by atoms with van der Waals surface area (Å²) in [7, 11) is 1.31. The van der Waals surface area contributed by atoms with Gasteiger partial charge >= 0.3 is 12.1 Å². The molecule has 3 nitrogen and oxygen atoms in total. The van der Waals surface area contributed by atoms with Gasteiger partial charge in [0.1, 0.15) is 0 Å². The van der Waals surface area contributed by atoms with Gasteiger partial charge in [-0.1, -0.05) is 0 Å². The lowest BCUT2D eigenvalue weighted by Crippen LogP contribution is -2.57. The maximum absolute atomic E-state index is 12.7. The second kappa shape index (κ2) is 5.24. The van der Waals surface area contributed by atoms with E-state index in [0.717, 1.165) is 0 Å². The van der Waals surface area contributed by atoms with E-state index in [-0.39, 0.29) is 13.2 Å². The van der Waals surface area contributed by atoms with E-state index < -0.39 is 24.3 Å². The molecule has 98 valence electrons. The first kappa shape index (κ1) is 15.5. The number of methoxy groups -OCH3 is 1. The van der Waals surface area contributed by atoms with E-state index in [1.165, 1.54) is 7.11 Å². The average Bonchev–Trinajstić information content (AvgIpc) is 2.10. The van der Waals surface area contributed by atoms with Gasteiger partial charge in [0.25, 0.3) is 0 Å². The minimum atomic E-state index is -5.82. The Hall–Kier alpha value is -0.470. The van der Waals surface area contributed by atoms with Crippen molar-refractivity contribution in [2.75, 3.05) is 26.9 Å². The molecule has 0 saturated carbocycles. The lowest BCUT2D eigenvalue weighted by atomic mass is 9.99. The molecule has 1 N–H and O–H groups in total. The standard InChI is InChI=1S/C8H13F5O3/c1-6(14,5-16-4-3-15-2)7(9,10)8(11,12)13/h14H,3-5H2,1-2H3. The summed E-state index contributed by atoms with van der Waals surface area (Å²) in [6.07, 6.45) is -5.82. The average molecular weight is 252 g/mol. The molecule has 0 rings (SSSR count). The number of ether oxygens (including phenoxy) is 2. The number of aliphatic hydroxyl groups is 1. The van der Waals surface area contributed by atoms with Gasteiger partial charge in [-0.15, -0.1) is 0 Å². The zero-order chi connectivity index (χ0) is 13.0. The fourth-order valence-corrected chi connectivity index (χ4v) is 0.809. The minimum absolute atomic E-state index is 0.0354. The topological polar surface area (TPSA) is 38.7 Å². The predicted octanol–water partition coefficient (Wildman–Crippen LogP) is 1.60. The van der Waals surface area contributed by atoms with Crippen LogP contribution in [0.3, 0.4) is 0 Å². The highest BCUT2D eigenvalue weighted by Gasteiger charge is 2.68. The molecule has 0 aliphatic carbocycles. The molecule has 0 aliphatic rings. The summed E-state index contributed by atoms with van der Waals surface area (Å²) < 4.78 is 70.2. The van der Waals surface area contributed by atoms with Gasteiger partial charge in [0.15, 0.2) is 5.60 Å². The fraction of sp³-hybridized carbons (Fsp3) is 1.00. The highest BCUT2D eigenvalue weighted by Crippen LogP contribution is 2.43. The molecular formula is C8H13F5O3. The lowest BCUT2D eigenvalue weighted by molar-refractivity contribution is -0.344. The van der Waals surface area contributed by atoms with Gasteiger partial charge in [0.05, 0.1) is 19.8 Å². The van der Waals surface area contributed by atoms with Crippen molar-refractivity contribution in [2.45, 2.75) is 24.6 Å². The zero-order valence-electron chi connectivity index (χ0n) is 8.77. The van der Waals surface area contributed by atoms with Crippen molar-refractivity contribution >= 4 is 0 Å². The summed E-state index contributed by atoms with van der Waals surface area (Å²) in [6.45, 7) is -0.912. The maximum Gasteiger partial charge on any atom is 0.456 e. The van der Waals surface area contributed by atoms with E-state index in [2.05, 4.69) is 9.47 Å². The summed E-state index contributed by atoms with van der Waals surface area (Å²) in [5.74, 6) is -5.23. The third-order valence-corrected chi connectivity index (χ3v) is 1.85. The van der Waals surface area contributed by atoms with E-state index in [0.29, 0.717) is 6.92 Å². The SMILES string of the molecule is COCCOCC(C)(O)C(F)(F)C(F)(F)F. The van der Waals surface area contributed by atoms with Crippen molar-refractivity contribution in [2.24, 2.45) is 0 Å². The van der Waals surface area contributed by atoms with Crippen LogP contribution in [0, 0.1) is 0 Å². The summed E-state index contributed by atoms with van der Waals surface area (Å²) in [5, 5.41) is 9.04. The smallest absolute Gasteiger partial charge is 0.382 e. The van der Waals surface area contributed by atoms with E-state index in [9.17, 15) is 22.0 Å². The molecule has 1 atom stereocenters. The highest BCUT2D eigenvalue weighted by molar-refractivity contribution is 4.94. The van der Waals surface area contributed by atoms with Gasteiger partial charge in [0, 0.05) is 7.11 Å². The predicted molar refractivity (Wildman–Crippen MR) is 44.3 cm³/mol. The largest absolute Gasteiger partial charge is 0.456 e. The Labute approximate surface area is 89.1 Å². The molecule has 0 aromatic rings. The van der Waals surface area contributed by atoms with Crippen LogP contribution in [0.5, 0.6) is 0 Å². The molecule has 0 radical (unpaired) electrons. The van der Waals surface area contributed by atoms with Crippen molar-refractivity contribution in [3.63, 3.8) is 0 Å². The second-order valence-corrected chi connectivity index (χ2v) is 3.39. The first-order valence-corrected chi connectivity index (χ1v) is 4.30. The Morgan fingerprint density at radius 2 is 1.56 bits per heavy atom. The number of rotatable bonds is 6. The van der Waals surface area contributed by atoms with E-state index in [1.54, 1.807) is 0 Å². The highest BCUT2D eigenvalue weighted by atomic mass is 19.4. The van der Waals surface area contributed by atoms with Crippen molar-refractivity contribution < 1.29 is 36.5 Å². The molecule has 0 spiro atoms. The van der Waals surface area contributed by atoms with E-state index >= 15 is 0 Å². The normalized spacial score (nSPS) is 17.2. The van der Waals surface area contributed by atoms with Gasteiger partial charge in [0.2, 0.25) is 0 Å². The van der Waals surface area contributed by atoms with Gasteiger partial charge < -0.3 is 14.6 Å². The lowest BCUT2D eigenvalue weighted by Gasteiger charge is -2.33. The quantitative estimate of drug-likeness (QED) is 0.576. The molecule has 0 amide bonds. The number of hydrogen-bond acceptors (Lipinski definition) is 3. The van der Waals surface area contributed by atoms with Crippen LogP contribution in [0.2, 0.25) is 0 Å². The Morgan fingerprint density at radius 3 is 1.94 bits per heavy atom. The van der Waals surface area contributed by atoms with Crippen molar-refractivity contribution in [1.29, 1.82) is 0 Å². The fourth-order valence-electron chi connectivity index (χ4n) is 0.809. The summed E-state index contributed by atoms with van der Waals surface area (Å²) in [4.78, 5) is 0. The molecule has 0 bridgehead atoms. The molecule has 0 saturated heterocycles. The Kier molecular flexibility index (Phi) is 5.09. The molecule has 0 aromatic carbocycles. The van der Waals surface area contributed by atoms with Crippen LogP contribution in [-0.2, 0) is 9.47 Å².